The smallest absolute Gasteiger partial charge is 0.0803 e. The maximum atomic E-state index is 10.7. The van der Waals surface area contributed by atoms with Gasteiger partial charge in [0.05, 0.1) is 12.1 Å². The zero-order chi connectivity index (χ0) is 15.5. The number of halogens is 2. The van der Waals surface area contributed by atoms with E-state index >= 15 is 0 Å². The number of hydrogen-bond donors (Lipinski definition) is 2. The van der Waals surface area contributed by atoms with Gasteiger partial charge in [-0.1, -0.05) is 41.9 Å². The molecule has 0 spiro atoms. The Morgan fingerprint density at radius 1 is 1.17 bits per heavy atom. The van der Waals surface area contributed by atoms with Crippen LogP contribution in [0.4, 0.5) is 5.69 Å². The summed E-state index contributed by atoms with van der Waals surface area (Å²) in [6.45, 7) is 1.37. The minimum Gasteiger partial charge on any atom is -0.391 e. The van der Waals surface area contributed by atoms with Crippen LogP contribution in [0.5, 0.6) is 0 Å². The van der Waals surface area contributed by atoms with E-state index in [0.29, 0.717) is 18.0 Å². The standard InChI is InChI=1S/C18H21ClN2O.ClH/c19-15-6-3-5-14(12-15)18(17(22)8-10-20)21-11-9-13-4-1-2-7-16(13)21;/h1-7,12,17-18,22H,8-11,20H2;1H/t17?,18-;/m0./s1. The third-order valence-electron chi connectivity index (χ3n) is 4.28. The average molecular weight is 353 g/mol. The minimum absolute atomic E-state index is 0. The van der Waals surface area contributed by atoms with Gasteiger partial charge in [-0.2, -0.15) is 0 Å². The fourth-order valence-corrected chi connectivity index (χ4v) is 3.48. The van der Waals surface area contributed by atoms with Gasteiger partial charge in [0.25, 0.3) is 0 Å². The first-order valence-corrected chi connectivity index (χ1v) is 8.06. The second-order valence-corrected chi connectivity index (χ2v) is 6.15. The number of para-hydroxylation sites is 1. The SMILES string of the molecule is Cl.NCCC(O)[C@H](c1cccc(Cl)c1)N1CCc2ccccc21. The van der Waals surface area contributed by atoms with Crippen LogP contribution in [0.25, 0.3) is 0 Å². The predicted octanol–water partition coefficient (Wildman–Crippen LogP) is 3.58. The summed E-state index contributed by atoms with van der Waals surface area (Å²) in [6.07, 6.45) is 1.05. The van der Waals surface area contributed by atoms with Gasteiger partial charge in [-0.25, -0.2) is 0 Å². The van der Waals surface area contributed by atoms with Crippen molar-refractivity contribution in [2.24, 2.45) is 5.73 Å². The molecule has 0 aliphatic carbocycles. The Labute approximate surface area is 148 Å². The zero-order valence-corrected chi connectivity index (χ0v) is 14.4. The molecule has 1 aliphatic rings. The number of nitrogens with zero attached hydrogens (tertiary/aromatic N) is 1. The summed E-state index contributed by atoms with van der Waals surface area (Å²) >= 11 is 6.15. The lowest BCUT2D eigenvalue weighted by Gasteiger charge is -2.34. The second-order valence-electron chi connectivity index (χ2n) is 5.72. The average Bonchev–Trinajstić information content (AvgIpc) is 2.92. The molecule has 3 N–H and O–H groups in total. The normalized spacial score (nSPS) is 15.7. The molecule has 0 bridgehead atoms. The molecule has 1 unspecified atom stereocenters. The second kappa shape index (κ2) is 8.02. The van der Waals surface area contributed by atoms with Crippen LogP contribution < -0.4 is 10.6 Å². The van der Waals surface area contributed by atoms with Crippen molar-refractivity contribution in [2.45, 2.75) is 25.0 Å². The highest BCUT2D eigenvalue weighted by molar-refractivity contribution is 6.30. The van der Waals surface area contributed by atoms with Crippen molar-refractivity contribution in [2.75, 3.05) is 18.0 Å². The van der Waals surface area contributed by atoms with Crippen LogP contribution in [0.1, 0.15) is 23.6 Å². The lowest BCUT2D eigenvalue weighted by atomic mass is 9.97. The molecular weight excluding hydrogens is 331 g/mol. The zero-order valence-electron chi connectivity index (χ0n) is 12.9. The summed E-state index contributed by atoms with van der Waals surface area (Å²) in [5, 5.41) is 11.4. The van der Waals surface area contributed by atoms with Crippen molar-refractivity contribution in [1.82, 2.24) is 0 Å². The van der Waals surface area contributed by atoms with Crippen LogP contribution in [0.2, 0.25) is 5.02 Å². The highest BCUT2D eigenvalue weighted by atomic mass is 35.5. The van der Waals surface area contributed by atoms with E-state index in [1.54, 1.807) is 0 Å². The van der Waals surface area contributed by atoms with Gasteiger partial charge in [0.2, 0.25) is 0 Å². The van der Waals surface area contributed by atoms with E-state index in [4.69, 9.17) is 17.3 Å². The highest BCUT2D eigenvalue weighted by Gasteiger charge is 2.31. The van der Waals surface area contributed by atoms with Crippen molar-refractivity contribution >= 4 is 29.7 Å². The largest absolute Gasteiger partial charge is 0.391 e. The first-order valence-electron chi connectivity index (χ1n) is 7.69. The lowest BCUT2D eigenvalue weighted by Crippen LogP contribution is -2.36. The van der Waals surface area contributed by atoms with E-state index in [0.717, 1.165) is 18.5 Å². The molecule has 2 aromatic rings. The first kappa shape index (κ1) is 18.1. The van der Waals surface area contributed by atoms with Crippen molar-refractivity contribution < 1.29 is 5.11 Å². The summed E-state index contributed by atoms with van der Waals surface area (Å²) in [5.74, 6) is 0. The molecule has 0 fully saturated rings. The maximum absolute atomic E-state index is 10.7. The molecule has 0 amide bonds. The van der Waals surface area contributed by atoms with Crippen molar-refractivity contribution in [3.05, 3.63) is 64.7 Å². The molecule has 0 saturated heterocycles. The van der Waals surface area contributed by atoms with Crippen LogP contribution in [0.3, 0.4) is 0 Å². The molecule has 3 rings (SSSR count). The first-order chi connectivity index (χ1) is 10.7. The van der Waals surface area contributed by atoms with E-state index in [9.17, 15) is 5.11 Å². The Balaban J connectivity index is 0.00000192. The van der Waals surface area contributed by atoms with Gasteiger partial charge < -0.3 is 15.7 Å². The molecule has 2 aromatic carbocycles. The van der Waals surface area contributed by atoms with Gasteiger partial charge in [-0.3, -0.25) is 0 Å². The number of anilines is 1. The number of rotatable bonds is 5. The predicted molar refractivity (Wildman–Crippen MR) is 98.6 cm³/mol. The molecule has 0 radical (unpaired) electrons. The fraction of sp³-hybridized carbons (Fsp3) is 0.333. The molecule has 23 heavy (non-hydrogen) atoms. The Morgan fingerprint density at radius 3 is 2.70 bits per heavy atom. The van der Waals surface area contributed by atoms with E-state index in [1.165, 1.54) is 11.3 Å². The molecule has 5 heteroatoms. The van der Waals surface area contributed by atoms with Gasteiger partial charge in [-0.05, 0) is 48.7 Å². The number of benzene rings is 2. The third-order valence-corrected chi connectivity index (χ3v) is 4.51. The topological polar surface area (TPSA) is 49.5 Å². The van der Waals surface area contributed by atoms with E-state index in [-0.39, 0.29) is 18.4 Å². The summed E-state index contributed by atoms with van der Waals surface area (Å²) in [4.78, 5) is 2.28. The molecule has 1 aliphatic heterocycles. The van der Waals surface area contributed by atoms with Crippen LogP contribution in [0.15, 0.2) is 48.5 Å². The fourth-order valence-electron chi connectivity index (χ4n) is 3.28. The van der Waals surface area contributed by atoms with Crippen LogP contribution >= 0.6 is 24.0 Å². The Kier molecular flexibility index (Phi) is 6.31. The molecular formula is C18H22Cl2N2O. The van der Waals surface area contributed by atoms with Crippen LogP contribution in [-0.4, -0.2) is 24.3 Å². The van der Waals surface area contributed by atoms with Crippen molar-refractivity contribution in [3.63, 3.8) is 0 Å². The monoisotopic (exact) mass is 352 g/mol. The Morgan fingerprint density at radius 2 is 1.96 bits per heavy atom. The molecule has 3 nitrogen and oxygen atoms in total. The molecule has 124 valence electrons. The summed E-state index contributed by atoms with van der Waals surface area (Å²) in [6, 6.07) is 16.0. The third kappa shape index (κ3) is 3.81. The minimum atomic E-state index is -0.519. The Hall–Kier alpha value is -1.26. The van der Waals surface area contributed by atoms with Gasteiger partial charge in [0.1, 0.15) is 0 Å². The molecule has 0 saturated carbocycles. The number of hydrogen-bond acceptors (Lipinski definition) is 3. The maximum Gasteiger partial charge on any atom is 0.0803 e. The number of aliphatic hydroxyl groups excluding tert-OH is 1. The Bertz CT molecular complexity index is 650. The van der Waals surface area contributed by atoms with Crippen LogP contribution in [-0.2, 0) is 6.42 Å². The number of nitrogens with two attached hydrogens (primary N) is 1. The lowest BCUT2D eigenvalue weighted by molar-refractivity contribution is 0.134. The summed E-state index contributed by atoms with van der Waals surface area (Å²) in [7, 11) is 0. The van der Waals surface area contributed by atoms with Gasteiger partial charge >= 0.3 is 0 Å². The molecule has 2 atom stereocenters. The number of fused-ring (bicyclic) bond motifs is 1. The van der Waals surface area contributed by atoms with Crippen molar-refractivity contribution in [3.8, 4) is 0 Å². The van der Waals surface area contributed by atoms with E-state index in [1.807, 2.05) is 30.3 Å². The van der Waals surface area contributed by atoms with Gasteiger partial charge in [0.15, 0.2) is 0 Å². The number of aliphatic hydroxyl groups is 1. The van der Waals surface area contributed by atoms with Crippen LogP contribution in [0, 0.1) is 0 Å². The summed E-state index contributed by atoms with van der Waals surface area (Å²) in [5.41, 5.74) is 9.22. The highest BCUT2D eigenvalue weighted by Crippen LogP contribution is 2.37. The van der Waals surface area contributed by atoms with Gasteiger partial charge in [-0.15, -0.1) is 12.4 Å². The van der Waals surface area contributed by atoms with E-state index < -0.39 is 6.10 Å². The summed E-state index contributed by atoms with van der Waals surface area (Å²) < 4.78 is 0. The van der Waals surface area contributed by atoms with Gasteiger partial charge in [0, 0.05) is 17.3 Å². The quantitative estimate of drug-likeness (QED) is 0.864. The van der Waals surface area contributed by atoms with E-state index in [2.05, 4.69) is 23.1 Å². The molecule has 1 heterocycles. The molecule has 0 aromatic heterocycles. The van der Waals surface area contributed by atoms with Crippen molar-refractivity contribution in [1.29, 1.82) is 0 Å².